The Labute approximate surface area is 141 Å². The molecule has 0 aliphatic rings. The van der Waals surface area contributed by atoms with E-state index in [-0.39, 0.29) is 33.4 Å². The first-order valence-electron chi connectivity index (χ1n) is 6.02. The normalized spacial score (nSPS) is 9.52. The zero-order chi connectivity index (χ0) is 17.6. The van der Waals surface area contributed by atoms with Gasteiger partial charge >= 0.3 is 0 Å². The summed E-state index contributed by atoms with van der Waals surface area (Å²) in [5.74, 6) is -0.814. The molecule has 23 heavy (non-hydrogen) atoms. The van der Waals surface area contributed by atoms with Crippen LogP contribution in [0.15, 0.2) is 24.3 Å². The van der Waals surface area contributed by atoms with Crippen LogP contribution in [-0.4, -0.2) is 35.0 Å². The molecule has 6 nitrogen and oxygen atoms in total. The Balaban J connectivity index is 0.000000231. The minimum atomic E-state index is -0.440. The summed E-state index contributed by atoms with van der Waals surface area (Å²) >= 11 is 11.1. The molecule has 2 aromatic rings. The first kappa shape index (κ1) is 18.6. The van der Waals surface area contributed by atoms with Crippen LogP contribution in [0.1, 0.15) is 20.7 Å². The fraction of sp³-hybridized carbons (Fsp3) is 0.0667. The number of methoxy groups -OCH3 is 1. The fourth-order valence-electron chi connectivity index (χ4n) is 1.54. The number of ether oxygens (including phenoxy) is 1. The topological polar surface area (TPSA) is 104 Å². The van der Waals surface area contributed by atoms with E-state index >= 15 is 0 Å². The highest BCUT2D eigenvalue weighted by atomic mass is 35.5. The lowest BCUT2D eigenvalue weighted by Gasteiger charge is -2.04. The lowest BCUT2D eigenvalue weighted by atomic mass is 10.2. The molecule has 122 valence electrons. The van der Waals surface area contributed by atoms with Crippen molar-refractivity contribution < 1.29 is 29.6 Å². The highest BCUT2D eigenvalue weighted by molar-refractivity contribution is 6.31. The summed E-state index contributed by atoms with van der Waals surface area (Å²) in [5, 5.41) is 27.8. The largest absolute Gasteiger partial charge is 0.504 e. The second-order valence-corrected chi connectivity index (χ2v) is 5.02. The average molecular weight is 359 g/mol. The van der Waals surface area contributed by atoms with E-state index in [9.17, 15) is 14.7 Å². The van der Waals surface area contributed by atoms with E-state index < -0.39 is 5.75 Å². The molecule has 0 bridgehead atoms. The Bertz CT molecular complexity index is 730. The number of carbonyl (C=O) groups is 2. The van der Waals surface area contributed by atoms with Crippen LogP contribution < -0.4 is 4.74 Å². The SMILES string of the molecule is COc1cc(Cl)cc(C=O)c1O.O=Cc1cc(Cl)cc(O)c1O. The first-order chi connectivity index (χ1) is 10.8. The Morgan fingerprint density at radius 3 is 1.83 bits per heavy atom. The second kappa shape index (κ2) is 8.26. The minimum Gasteiger partial charge on any atom is -0.504 e. The van der Waals surface area contributed by atoms with Gasteiger partial charge in [-0.15, -0.1) is 0 Å². The van der Waals surface area contributed by atoms with Crippen LogP contribution in [0.3, 0.4) is 0 Å². The minimum absolute atomic E-state index is 0.0185. The van der Waals surface area contributed by atoms with Gasteiger partial charge in [-0.3, -0.25) is 9.59 Å². The third-order valence-corrected chi connectivity index (χ3v) is 3.06. The molecular weight excluding hydrogens is 347 g/mol. The molecule has 2 aromatic carbocycles. The number of hydrogen-bond acceptors (Lipinski definition) is 6. The number of phenols is 3. The Hall–Kier alpha value is -2.44. The van der Waals surface area contributed by atoms with Gasteiger partial charge in [0.05, 0.1) is 18.2 Å². The standard InChI is InChI=1S/C8H7ClO3.C7H5ClO3/c1-12-7-3-6(9)2-5(4-10)8(7)11;8-5-1-4(3-9)7(11)6(10)2-5/h2-4,11H,1H3;1-3,10-11H. The lowest BCUT2D eigenvalue weighted by molar-refractivity contribution is 0.111. The van der Waals surface area contributed by atoms with Gasteiger partial charge in [-0.05, 0) is 12.1 Å². The van der Waals surface area contributed by atoms with E-state index in [1.54, 1.807) is 0 Å². The van der Waals surface area contributed by atoms with Gasteiger partial charge in [0.2, 0.25) is 0 Å². The smallest absolute Gasteiger partial charge is 0.168 e. The van der Waals surface area contributed by atoms with Crippen molar-refractivity contribution in [1.82, 2.24) is 0 Å². The maximum atomic E-state index is 10.4. The fourth-order valence-corrected chi connectivity index (χ4v) is 1.97. The third-order valence-electron chi connectivity index (χ3n) is 2.63. The van der Waals surface area contributed by atoms with Crippen LogP contribution >= 0.6 is 23.2 Å². The molecule has 3 N–H and O–H groups in total. The lowest BCUT2D eigenvalue weighted by Crippen LogP contribution is -1.88. The van der Waals surface area contributed by atoms with Crippen molar-refractivity contribution in [1.29, 1.82) is 0 Å². The predicted octanol–water partition coefficient (Wildman–Crippen LogP) is 3.43. The summed E-state index contributed by atoms with van der Waals surface area (Å²) in [6, 6.07) is 5.23. The molecule has 0 saturated carbocycles. The molecule has 0 unspecified atom stereocenters. The average Bonchev–Trinajstić information content (AvgIpc) is 2.53. The Morgan fingerprint density at radius 2 is 1.35 bits per heavy atom. The molecule has 0 aliphatic heterocycles. The van der Waals surface area contributed by atoms with Crippen molar-refractivity contribution in [2.45, 2.75) is 0 Å². The van der Waals surface area contributed by atoms with Crippen LogP contribution in [0.5, 0.6) is 23.0 Å². The Kier molecular flexibility index (Phi) is 6.68. The van der Waals surface area contributed by atoms with Gasteiger partial charge in [-0.1, -0.05) is 23.2 Å². The summed E-state index contributed by atoms with van der Waals surface area (Å²) in [6.45, 7) is 0. The van der Waals surface area contributed by atoms with Gasteiger partial charge in [0.1, 0.15) is 0 Å². The number of aromatic hydroxyl groups is 3. The van der Waals surface area contributed by atoms with Crippen molar-refractivity contribution in [2.75, 3.05) is 7.11 Å². The molecule has 0 atom stereocenters. The molecule has 0 aromatic heterocycles. The van der Waals surface area contributed by atoms with Crippen LogP contribution in [0.2, 0.25) is 10.0 Å². The zero-order valence-corrected chi connectivity index (χ0v) is 13.3. The number of aldehydes is 2. The van der Waals surface area contributed by atoms with Crippen LogP contribution in [-0.2, 0) is 0 Å². The van der Waals surface area contributed by atoms with Gasteiger partial charge in [0.25, 0.3) is 0 Å². The number of carbonyl (C=O) groups excluding carboxylic acids is 2. The summed E-state index contributed by atoms with van der Waals surface area (Å²) in [4.78, 5) is 20.6. The van der Waals surface area contributed by atoms with Crippen molar-refractivity contribution >= 4 is 35.8 Å². The monoisotopic (exact) mass is 358 g/mol. The molecule has 0 aliphatic carbocycles. The zero-order valence-electron chi connectivity index (χ0n) is 11.8. The molecular formula is C15H12Cl2O6. The van der Waals surface area contributed by atoms with E-state index in [0.717, 1.165) is 6.07 Å². The Morgan fingerprint density at radius 1 is 0.870 bits per heavy atom. The predicted molar refractivity (Wildman–Crippen MR) is 85.2 cm³/mol. The number of benzene rings is 2. The number of halogens is 2. The summed E-state index contributed by atoms with van der Waals surface area (Å²) < 4.78 is 4.77. The number of hydrogen-bond donors (Lipinski definition) is 3. The van der Waals surface area contributed by atoms with E-state index in [2.05, 4.69) is 0 Å². The number of phenolic OH excluding ortho intramolecular Hbond substituents is 3. The summed E-state index contributed by atoms with van der Waals surface area (Å²) in [7, 11) is 1.39. The second-order valence-electron chi connectivity index (χ2n) is 4.14. The maximum absolute atomic E-state index is 10.4. The quantitative estimate of drug-likeness (QED) is 0.573. The summed E-state index contributed by atoms with van der Waals surface area (Å²) in [6.07, 6.45) is 0.935. The molecule has 0 heterocycles. The van der Waals surface area contributed by atoms with Gasteiger partial charge in [-0.25, -0.2) is 0 Å². The van der Waals surface area contributed by atoms with Gasteiger partial charge < -0.3 is 20.1 Å². The summed E-state index contributed by atoms with van der Waals surface area (Å²) in [5.41, 5.74) is 0.106. The molecule has 2 rings (SSSR count). The molecule has 8 heteroatoms. The van der Waals surface area contributed by atoms with Crippen molar-refractivity contribution in [3.05, 3.63) is 45.4 Å². The van der Waals surface area contributed by atoms with Crippen LogP contribution in [0, 0.1) is 0 Å². The van der Waals surface area contributed by atoms with Gasteiger partial charge in [-0.2, -0.15) is 0 Å². The van der Waals surface area contributed by atoms with Crippen molar-refractivity contribution in [2.24, 2.45) is 0 Å². The van der Waals surface area contributed by atoms with Crippen molar-refractivity contribution in [3.8, 4) is 23.0 Å². The van der Waals surface area contributed by atoms with E-state index in [1.165, 1.54) is 25.3 Å². The van der Waals surface area contributed by atoms with Crippen molar-refractivity contribution in [3.63, 3.8) is 0 Å². The van der Waals surface area contributed by atoms with Crippen LogP contribution in [0.4, 0.5) is 0 Å². The van der Waals surface area contributed by atoms with E-state index in [0.29, 0.717) is 17.6 Å². The highest BCUT2D eigenvalue weighted by Gasteiger charge is 2.08. The molecule has 0 radical (unpaired) electrons. The highest BCUT2D eigenvalue weighted by Crippen LogP contribution is 2.32. The number of rotatable bonds is 3. The third kappa shape index (κ3) is 4.77. The van der Waals surface area contributed by atoms with E-state index in [4.69, 9.17) is 38.2 Å². The molecule has 0 amide bonds. The van der Waals surface area contributed by atoms with Gasteiger partial charge in [0.15, 0.2) is 35.6 Å². The van der Waals surface area contributed by atoms with Crippen LogP contribution in [0.25, 0.3) is 0 Å². The first-order valence-corrected chi connectivity index (χ1v) is 6.78. The molecule has 0 spiro atoms. The van der Waals surface area contributed by atoms with Gasteiger partial charge in [0, 0.05) is 22.2 Å². The maximum Gasteiger partial charge on any atom is 0.168 e. The van der Waals surface area contributed by atoms with E-state index in [1.807, 2.05) is 0 Å². The molecule has 0 saturated heterocycles. The molecule has 0 fully saturated rings.